The molecule has 1 aromatic carbocycles. The lowest BCUT2D eigenvalue weighted by Gasteiger charge is -2.31. The van der Waals surface area contributed by atoms with Crippen molar-refractivity contribution in [3.63, 3.8) is 0 Å². The Hall–Kier alpha value is -1.49. The standard InChI is InChI=1S/C15H19NO3S/c1-20-11-4-2-10(3-5-11)8-9-16-14(17)12-6-7-13(12)15(18)19/h2-5,12-13H,6-9H2,1H3,(H,16,17)(H,18,19). The molecule has 20 heavy (non-hydrogen) atoms. The summed E-state index contributed by atoms with van der Waals surface area (Å²) in [6.45, 7) is 0.556. The molecule has 0 saturated heterocycles. The highest BCUT2D eigenvalue weighted by atomic mass is 32.2. The van der Waals surface area contributed by atoms with Crippen LogP contribution in [-0.2, 0) is 16.0 Å². The quantitative estimate of drug-likeness (QED) is 0.789. The van der Waals surface area contributed by atoms with E-state index in [9.17, 15) is 9.59 Å². The van der Waals surface area contributed by atoms with Gasteiger partial charge >= 0.3 is 5.97 Å². The van der Waals surface area contributed by atoms with E-state index in [1.54, 1.807) is 11.8 Å². The molecule has 1 saturated carbocycles. The second-order valence-electron chi connectivity index (χ2n) is 5.02. The molecule has 0 aliphatic heterocycles. The van der Waals surface area contributed by atoms with Gasteiger partial charge in [0, 0.05) is 11.4 Å². The zero-order valence-electron chi connectivity index (χ0n) is 11.5. The number of carbonyl (C=O) groups is 2. The van der Waals surface area contributed by atoms with Crippen LogP contribution in [0.2, 0.25) is 0 Å². The molecule has 1 aliphatic rings. The number of carbonyl (C=O) groups excluding carboxylic acids is 1. The van der Waals surface area contributed by atoms with Crippen LogP contribution in [0.25, 0.3) is 0 Å². The van der Waals surface area contributed by atoms with Crippen molar-refractivity contribution in [1.29, 1.82) is 0 Å². The SMILES string of the molecule is CSc1ccc(CCNC(=O)C2CCC2C(=O)O)cc1. The summed E-state index contributed by atoms with van der Waals surface area (Å²) in [4.78, 5) is 23.9. The Labute approximate surface area is 123 Å². The largest absolute Gasteiger partial charge is 0.481 e. The maximum Gasteiger partial charge on any atom is 0.307 e. The first kappa shape index (κ1) is 14.9. The first-order valence-electron chi connectivity index (χ1n) is 6.75. The van der Waals surface area contributed by atoms with E-state index in [1.165, 1.54) is 10.5 Å². The third-order valence-electron chi connectivity index (χ3n) is 3.80. The molecule has 0 heterocycles. The van der Waals surface area contributed by atoms with E-state index in [0.29, 0.717) is 19.4 Å². The number of thioether (sulfide) groups is 1. The minimum Gasteiger partial charge on any atom is -0.481 e. The molecule has 1 fully saturated rings. The van der Waals surface area contributed by atoms with Gasteiger partial charge in [0.15, 0.2) is 0 Å². The second kappa shape index (κ2) is 6.79. The number of nitrogens with one attached hydrogen (secondary N) is 1. The molecule has 4 nitrogen and oxygen atoms in total. The monoisotopic (exact) mass is 293 g/mol. The van der Waals surface area contributed by atoms with Crippen molar-refractivity contribution in [2.75, 3.05) is 12.8 Å². The Kier molecular flexibility index (Phi) is 5.06. The molecular weight excluding hydrogens is 274 g/mol. The zero-order chi connectivity index (χ0) is 14.5. The maximum atomic E-state index is 11.9. The summed E-state index contributed by atoms with van der Waals surface area (Å²) in [5, 5.41) is 11.8. The van der Waals surface area contributed by atoms with E-state index in [2.05, 4.69) is 29.6 Å². The van der Waals surface area contributed by atoms with Crippen LogP contribution in [0.3, 0.4) is 0 Å². The van der Waals surface area contributed by atoms with E-state index >= 15 is 0 Å². The van der Waals surface area contributed by atoms with Gasteiger partial charge in [0.25, 0.3) is 0 Å². The fourth-order valence-corrected chi connectivity index (χ4v) is 2.77. The molecule has 0 spiro atoms. The third kappa shape index (κ3) is 3.54. The van der Waals surface area contributed by atoms with Gasteiger partial charge in [-0.05, 0) is 43.2 Å². The maximum absolute atomic E-state index is 11.9. The van der Waals surface area contributed by atoms with Gasteiger partial charge in [0.05, 0.1) is 11.8 Å². The van der Waals surface area contributed by atoms with Crippen LogP contribution in [0, 0.1) is 11.8 Å². The predicted octanol–water partition coefficient (Wildman–Crippen LogP) is 2.18. The Morgan fingerprint density at radius 2 is 1.90 bits per heavy atom. The molecule has 0 bridgehead atoms. The lowest BCUT2D eigenvalue weighted by atomic mass is 9.73. The second-order valence-corrected chi connectivity index (χ2v) is 5.90. The number of amides is 1. The third-order valence-corrected chi connectivity index (χ3v) is 4.54. The highest BCUT2D eigenvalue weighted by Crippen LogP contribution is 2.34. The van der Waals surface area contributed by atoms with E-state index in [0.717, 1.165) is 6.42 Å². The van der Waals surface area contributed by atoms with Crippen LogP contribution in [0.4, 0.5) is 0 Å². The van der Waals surface area contributed by atoms with Crippen molar-refractivity contribution in [3.8, 4) is 0 Å². The van der Waals surface area contributed by atoms with Crippen LogP contribution in [0.5, 0.6) is 0 Å². The highest BCUT2D eigenvalue weighted by Gasteiger charge is 2.41. The van der Waals surface area contributed by atoms with Crippen molar-refractivity contribution in [2.45, 2.75) is 24.2 Å². The predicted molar refractivity (Wildman–Crippen MR) is 78.8 cm³/mol. The summed E-state index contributed by atoms with van der Waals surface area (Å²) in [5.41, 5.74) is 1.17. The number of aliphatic carboxylic acids is 1. The molecular formula is C15H19NO3S. The van der Waals surface area contributed by atoms with Gasteiger partial charge in [0.1, 0.15) is 0 Å². The number of carboxylic acid groups (broad SMARTS) is 1. The normalized spacial score (nSPS) is 21.1. The molecule has 0 aromatic heterocycles. The molecule has 2 unspecified atom stereocenters. The number of hydrogen-bond acceptors (Lipinski definition) is 3. The van der Waals surface area contributed by atoms with Gasteiger partial charge in [-0.1, -0.05) is 12.1 Å². The molecule has 1 amide bonds. The highest BCUT2D eigenvalue weighted by molar-refractivity contribution is 7.98. The topological polar surface area (TPSA) is 66.4 Å². The van der Waals surface area contributed by atoms with Gasteiger partial charge in [0.2, 0.25) is 5.91 Å². The first-order chi connectivity index (χ1) is 9.61. The fourth-order valence-electron chi connectivity index (χ4n) is 2.36. The first-order valence-corrected chi connectivity index (χ1v) is 7.97. The molecule has 2 N–H and O–H groups in total. The van der Waals surface area contributed by atoms with E-state index < -0.39 is 11.9 Å². The van der Waals surface area contributed by atoms with Crippen LogP contribution >= 0.6 is 11.8 Å². The Morgan fingerprint density at radius 3 is 2.40 bits per heavy atom. The number of rotatable bonds is 6. The lowest BCUT2D eigenvalue weighted by molar-refractivity contribution is -0.152. The van der Waals surface area contributed by atoms with Crippen LogP contribution < -0.4 is 5.32 Å². The van der Waals surface area contributed by atoms with Crippen molar-refractivity contribution in [3.05, 3.63) is 29.8 Å². The Morgan fingerprint density at radius 1 is 1.25 bits per heavy atom. The molecule has 2 rings (SSSR count). The molecule has 2 atom stereocenters. The minimum absolute atomic E-state index is 0.121. The summed E-state index contributed by atoms with van der Waals surface area (Å²) < 4.78 is 0. The summed E-state index contributed by atoms with van der Waals surface area (Å²) >= 11 is 1.70. The Balaban J connectivity index is 1.75. The zero-order valence-corrected chi connectivity index (χ0v) is 12.3. The fraction of sp³-hybridized carbons (Fsp3) is 0.467. The van der Waals surface area contributed by atoms with Crippen LogP contribution in [0.15, 0.2) is 29.2 Å². The number of benzene rings is 1. The van der Waals surface area contributed by atoms with Crippen molar-refractivity contribution in [1.82, 2.24) is 5.32 Å². The van der Waals surface area contributed by atoms with Gasteiger partial charge in [-0.2, -0.15) is 0 Å². The summed E-state index contributed by atoms with van der Waals surface area (Å²) in [7, 11) is 0. The average Bonchev–Trinajstić information content (AvgIpc) is 2.37. The van der Waals surface area contributed by atoms with E-state index in [-0.39, 0.29) is 11.8 Å². The smallest absolute Gasteiger partial charge is 0.307 e. The van der Waals surface area contributed by atoms with E-state index in [1.807, 2.05) is 6.26 Å². The van der Waals surface area contributed by atoms with Gasteiger partial charge in [-0.3, -0.25) is 9.59 Å². The Bertz CT molecular complexity index is 486. The lowest BCUT2D eigenvalue weighted by Crippen LogP contribution is -2.44. The van der Waals surface area contributed by atoms with Gasteiger partial charge in [-0.25, -0.2) is 0 Å². The molecule has 108 valence electrons. The molecule has 5 heteroatoms. The van der Waals surface area contributed by atoms with Gasteiger partial charge < -0.3 is 10.4 Å². The summed E-state index contributed by atoms with van der Waals surface area (Å²) in [6, 6.07) is 8.24. The van der Waals surface area contributed by atoms with Crippen molar-refractivity contribution >= 4 is 23.6 Å². The average molecular weight is 293 g/mol. The van der Waals surface area contributed by atoms with Crippen LogP contribution in [-0.4, -0.2) is 29.8 Å². The van der Waals surface area contributed by atoms with E-state index in [4.69, 9.17) is 5.11 Å². The number of carboxylic acids is 1. The molecule has 0 radical (unpaired) electrons. The molecule has 1 aliphatic carbocycles. The van der Waals surface area contributed by atoms with Crippen molar-refractivity contribution < 1.29 is 14.7 Å². The van der Waals surface area contributed by atoms with Crippen molar-refractivity contribution in [2.24, 2.45) is 11.8 Å². The minimum atomic E-state index is -0.857. The number of hydrogen-bond donors (Lipinski definition) is 2. The van der Waals surface area contributed by atoms with Crippen LogP contribution in [0.1, 0.15) is 18.4 Å². The molecule has 1 aromatic rings. The summed E-state index contributed by atoms with van der Waals surface area (Å²) in [5.74, 6) is -1.81. The van der Waals surface area contributed by atoms with Gasteiger partial charge in [-0.15, -0.1) is 11.8 Å². The summed E-state index contributed by atoms with van der Waals surface area (Å²) in [6.07, 6.45) is 4.10.